The zero-order chi connectivity index (χ0) is 21.8. The molecular formula is C24H40O6. The first kappa shape index (κ1) is 23.6. The summed E-state index contributed by atoms with van der Waals surface area (Å²) in [6.45, 7) is 7.53. The predicted molar refractivity (Wildman–Crippen MR) is 113 cm³/mol. The van der Waals surface area contributed by atoms with Crippen LogP contribution in [-0.2, 0) is 23.7 Å². The third-order valence-electron chi connectivity index (χ3n) is 7.08. The fraction of sp³-hybridized carbons (Fsp3) is 0.875. The lowest BCUT2D eigenvalue weighted by molar-refractivity contribution is -0.187. The summed E-state index contributed by atoms with van der Waals surface area (Å²) in [5.74, 6) is 0.394. The van der Waals surface area contributed by atoms with Crippen LogP contribution in [0.15, 0.2) is 11.8 Å². The Bertz CT molecular complexity index is 609. The SMILES string of the molecule is CCCCC(C)(C)CC=C(OC1CCCCO1)[C@@H]1CC[C@@]2(C(=O)OC)OC(O)C[C@H]12. The molecule has 0 radical (unpaired) electrons. The van der Waals surface area contributed by atoms with Crippen molar-refractivity contribution in [3.63, 3.8) is 0 Å². The van der Waals surface area contributed by atoms with Gasteiger partial charge < -0.3 is 24.1 Å². The van der Waals surface area contributed by atoms with Crippen molar-refractivity contribution in [2.45, 2.75) is 103 Å². The van der Waals surface area contributed by atoms with Crippen LogP contribution in [0.1, 0.15) is 85.0 Å². The van der Waals surface area contributed by atoms with E-state index in [0.29, 0.717) is 12.8 Å². The summed E-state index contributed by atoms with van der Waals surface area (Å²) in [4.78, 5) is 12.6. The average molecular weight is 425 g/mol. The molecule has 1 aliphatic carbocycles. The molecule has 0 aromatic carbocycles. The molecule has 3 aliphatic rings. The van der Waals surface area contributed by atoms with Crippen LogP contribution in [0, 0.1) is 17.3 Å². The minimum atomic E-state index is -1.06. The first-order valence-corrected chi connectivity index (χ1v) is 11.7. The van der Waals surface area contributed by atoms with Crippen molar-refractivity contribution in [2.24, 2.45) is 17.3 Å². The van der Waals surface area contributed by atoms with Crippen molar-refractivity contribution in [3.8, 4) is 0 Å². The normalized spacial score (nSPS) is 34.6. The number of methoxy groups -OCH3 is 1. The van der Waals surface area contributed by atoms with Crippen molar-refractivity contribution < 1.29 is 28.8 Å². The van der Waals surface area contributed by atoms with Crippen LogP contribution in [0.5, 0.6) is 0 Å². The van der Waals surface area contributed by atoms with E-state index in [4.69, 9.17) is 18.9 Å². The van der Waals surface area contributed by atoms with Gasteiger partial charge in [0.1, 0.15) is 0 Å². The molecule has 6 nitrogen and oxygen atoms in total. The number of carbonyl (C=O) groups excluding carboxylic acids is 1. The Morgan fingerprint density at radius 2 is 2.10 bits per heavy atom. The Morgan fingerprint density at radius 3 is 2.77 bits per heavy atom. The number of ether oxygens (including phenoxy) is 4. The highest BCUT2D eigenvalue weighted by Gasteiger charge is 2.62. The molecule has 1 saturated carbocycles. The largest absolute Gasteiger partial charge is 0.469 e. The molecule has 5 atom stereocenters. The molecule has 30 heavy (non-hydrogen) atoms. The molecule has 0 amide bonds. The van der Waals surface area contributed by atoms with Gasteiger partial charge in [0.05, 0.1) is 19.5 Å². The van der Waals surface area contributed by atoms with Gasteiger partial charge in [0.25, 0.3) is 0 Å². The molecule has 172 valence electrons. The van der Waals surface area contributed by atoms with E-state index in [9.17, 15) is 9.90 Å². The monoisotopic (exact) mass is 424 g/mol. The van der Waals surface area contributed by atoms with Crippen LogP contribution in [0.25, 0.3) is 0 Å². The Labute approximate surface area is 181 Å². The molecule has 1 N–H and O–H groups in total. The van der Waals surface area contributed by atoms with Crippen molar-refractivity contribution in [1.82, 2.24) is 0 Å². The van der Waals surface area contributed by atoms with Crippen molar-refractivity contribution in [1.29, 1.82) is 0 Å². The maximum atomic E-state index is 12.6. The second-order valence-electron chi connectivity index (χ2n) is 9.93. The van der Waals surface area contributed by atoms with Crippen LogP contribution >= 0.6 is 0 Å². The lowest BCUT2D eigenvalue weighted by atomic mass is 9.81. The fourth-order valence-electron chi connectivity index (χ4n) is 5.28. The first-order chi connectivity index (χ1) is 14.3. The lowest BCUT2D eigenvalue weighted by Crippen LogP contribution is -2.43. The van der Waals surface area contributed by atoms with Gasteiger partial charge in [0.15, 0.2) is 18.2 Å². The number of allylic oxidation sites excluding steroid dienone is 2. The van der Waals surface area contributed by atoms with Gasteiger partial charge in [-0.1, -0.05) is 33.6 Å². The van der Waals surface area contributed by atoms with Crippen LogP contribution in [-0.4, -0.2) is 43.0 Å². The third-order valence-corrected chi connectivity index (χ3v) is 7.08. The Hall–Kier alpha value is -1.11. The predicted octanol–water partition coefficient (Wildman–Crippen LogP) is 4.70. The maximum absolute atomic E-state index is 12.6. The number of hydrogen-bond acceptors (Lipinski definition) is 6. The van der Waals surface area contributed by atoms with E-state index in [2.05, 4.69) is 26.8 Å². The Balaban J connectivity index is 1.82. The third kappa shape index (κ3) is 5.20. The highest BCUT2D eigenvalue weighted by atomic mass is 16.7. The van der Waals surface area contributed by atoms with Gasteiger partial charge in [0, 0.05) is 24.7 Å². The molecule has 0 aromatic rings. The number of rotatable bonds is 9. The smallest absolute Gasteiger partial charge is 0.338 e. The van der Waals surface area contributed by atoms with E-state index in [1.807, 2.05) is 0 Å². The number of aliphatic hydroxyl groups excluding tert-OH is 1. The molecule has 0 aromatic heterocycles. The Morgan fingerprint density at radius 1 is 1.30 bits per heavy atom. The van der Waals surface area contributed by atoms with E-state index in [-0.39, 0.29) is 29.5 Å². The van der Waals surface area contributed by atoms with Crippen LogP contribution < -0.4 is 0 Å². The van der Waals surface area contributed by atoms with Crippen LogP contribution in [0.2, 0.25) is 0 Å². The molecular weight excluding hydrogens is 384 g/mol. The van der Waals surface area contributed by atoms with Gasteiger partial charge in [-0.3, -0.25) is 0 Å². The van der Waals surface area contributed by atoms with Gasteiger partial charge in [-0.25, -0.2) is 4.79 Å². The molecule has 3 rings (SSSR count). The minimum absolute atomic E-state index is 0.0220. The lowest BCUT2D eigenvalue weighted by Gasteiger charge is -2.31. The van der Waals surface area contributed by atoms with E-state index in [0.717, 1.165) is 50.9 Å². The second kappa shape index (κ2) is 10.0. The standard InChI is InChI=1S/C24H40O6/c1-5-6-12-23(2,3)13-11-19(29-21-9-7-8-15-28-21)17-10-14-24(22(26)27-4)18(17)16-20(25)30-24/h11,17-18,20-21,25H,5-10,12-16H2,1-4H3/t17-,18-,20?,21?,24-/m1/s1. The minimum Gasteiger partial charge on any atom is -0.469 e. The first-order valence-electron chi connectivity index (χ1n) is 11.7. The van der Waals surface area contributed by atoms with Crippen LogP contribution in [0.3, 0.4) is 0 Å². The topological polar surface area (TPSA) is 74.2 Å². The van der Waals surface area contributed by atoms with Gasteiger partial charge in [0.2, 0.25) is 0 Å². The molecule has 0 spiro atoms. The second-order valence-corrected chi connectivity index (χ2v) is 9.93. The molecule has 0 bridgehead atoms. The summed E-state index contributed by atoms with van der Waals surface area (Å²) in [5.41, 5.74) is -0.881. The highest BCUT2D eigenvalue weighted by molar-refractivity contribution is 5.81. The van der Waals surface area contributed by atoms with Gasteiger partial charge >= 0.3 is 5.97 Å². The number of fused-ring (bicyclic) bond motifs is 1. The van der Waals surface area contributed by atoms with E-state index in [1.165, 1.54) is 20.0 Å². The van der Waals surface area contributed by atoms with Crippen molar-refractivity contribution in [2.75, 3.05) is 13.7 Å². The molecule has 2 heterocycles. The van der Waals surface area contributed by atoms with Crippen molar-refractivity contribution in [3.05, 3.63) is 11.8 Å². The van der Waals surface area contributed by atoms with Crippen LogP contribution in [0.4, 0.5) is 0 Å². The maximum Gasteiger partial charge on any atom is 0.338 e. The van der Waals surface area contributed by atoms with E-state index < -0.39 is 11.9 Å². The average Bonchev–Trinajstić information content (AvgIpc) is 3.25. The van der Waals surface area contributed by atoms with Gasteiger partial charge in [-0.2, -0.15) is 0 Å². The summed E-state index contributed by atoms with van der Waals surface area (Å²) < 4.78 is 23.1. The van der Waals surface area contributed by atoms with Gasteiger partial charge in [-0.05, 0) is 50.0 Å². The number of esters is 1. The van der Waals surface area contributed by atoms with Crippen molar-refractivity contribution >= 4 is 5.97 Å². The number of carbonyl (C=O) groups is 1. The summed E-state index contributed by atoms with van der Waals surface area (Å²) >= 11 is 0. The molecule has 2 saturated heterocycles. The molecule has 6 heteroatoms. The zero-order valence-electron chi connectivity index (χ0n) is 19.2. The Kier molecular flexibility index (Phi) is 7.86. The van der Waals surface area contributed by atoms with Gasteiger partial charge in [-0.15, -0.1) is 0 Å². The quantitative estimate of drug-likeness (QED) is 0.427. The highest BCUT2D eigenvalue weighted by Crippen LogP contribution is 2.54. The molecule has 2 unspecified atom stereocenters. The molecule has 2 aliphatic heterocycles. The van der Waals surface area contributed by atoms with E-state index >= 15 is 0 Å². The number of hydrogen-bond donors (Lipinski definition) is 1. The van der Waals surface area contributed by atoms with E-state index in [1.54, 1.807) is 0 Å². The summed E-state index contributed by atoms with van der Waals surface area (Å²) in [5, 5.41) is 10.2. The molecule has 3 fully saturated rings. The zero-order valence-corrected chi connectivity index (χ0v) is 19.2. The number of aliphatic hydroxyl groups is 1. The number of unbranched alkanes of at least 4 members (excludes halogenated alkanes) is 1. The summed E-state index contributed by atoms with van der Waals surface area (Å²) in [6, 6.07) is 0. The fourth-order valence-corrected chi connectivity index (χ4v) is 5.28. The summed E-state index contributed by atoms with van der Waals surface area (Å²) in [7, 11) is 1.38. The summed E-state index contributed by atoms with van der Waals surface area (Å²) in [6.07, 6.45) is 10.3.